The van der Waals surface area contributed by atoms with Gasteiger partial charge in [-0.15, -0.1) is 11.3 Å². The molecule has 0 saturated heterocycles. The van der Waals surface area contributed by atoms with Gasteiger partial charge in [-0.25, -0.2) is 4.79 Å². The first kappa shape index (κ1) is 47.8. The predicted octanol–water partition coefficient (Wildman–Crippen LogP) is 17.7. The predicted molar refractivity (Wildman–Crippen MR) is 297 cm³/mol. The number of carboxylic acid groups (broad SMARTS) is 1. The maximum atomic E-state index is 13.7. The van der Waals surface area contributed by atoms with Crippen molar-refractivity contribution in [3.05, 3.63) is 184 Å². The lowest BCUT2D eigenvalue weighted by molar-refractivity contribution is -0.114. The number of aromatic carboxylic acids is 1. The quantitative estimate of drug-likeness (QED) is 0.0820. The second-order valence-corrected chi connectivity index (χ2v) is 21.0. The van der Waals surface area contributed by atoms with E-state index in [1.807, 2.05) is 13.0 Å². The van der Waals surface area contributed by atoms with E-state index in [-0.39, 0.29) is 22.3 Å². The molecule has 6 aromatic carbocycles. The maximum absolute atomic E-state index is 13.7. The summed E-state index contributed by atoms with van der Waals surface area (Å²) in [6, 6.07) is 52.6. The van der Waals surface area contributed by atoms with Gasteiger partial charge >= 0.3 is 5.97 Å². The molecule has 6 nitrogen and oxygen atoms in total. The number of anilines is 4. The minimum absolute atomic E-state index is 0.0376. The monoisotopic (exact) mass is 955 g/mol. The third-order valence-corrected chi connectivity index (χ3v) is 16.7. The Morgan fingerprint density at radius 3 is 1.56 bits per heavy atom. The first-order valence-corrected chi connectivity index (χ1v) is 26.9. The Morgan fingerprint density at radius 2 is 1.07 bits per heavy atom. The van der Waals surface area contributed by atoms with Gasteiger partial charge in [-0.2, -0.15) is 10.1 Å². The first-order chi connectivity index (χ1) is 34.6. The molecule has 0 bridgehead atoms. The van der Waals surface area contributed by atoms with Crippen LogP contribution in [-0.2, 0) is 15.6 Å². The average Bonchev–Trinajstić information content (AvgIpc) is 4.14. The van der Waals surface area contributed by atoms with Crippen LogP contribution in [-0.4, -0.2) is 22.7 Å². The van der Waals surface area contributed by atoms with Crippen molar-refractivity contribution < 1.29 is 14.7 Å². The van der Waals surface area contributed by atoms with Crippen LogP contribution in [0.15, 0.2) is 156 Å². The summed E-state index contributed by atoms with van der Waals surface area (Å²) in [5.74, 6) is -1.25. The molecule has 360 valence electrons. The fourth-order valence-electron chi connectivity index (χ4n) is 12.0. The van der Waals surface area contributed by atoms with Crippen molar-refractivity contribution in [1.82, 2.24) is 0 Å². The Labute approximate surface area is 424 Å². The van der Waals surface area contributed by atoms with E-state index in [1.165, 1.54) is 124 Å². The third kappa shape index (κ3) is 8.56. The van der Waals surface area contributed by atoms with E-state index in [9.17, 15) is 14.7 Å². The molecule has 2 aliphatic carbocycles. The molecule has 7 aromatic rings. The fourth-order valence-corrected chi connectivity index (χ4v) is 12.9. The van der Waals surface area contributed by atoms with Gasteiger partial charge in [0.2, 0.25) is 0 Å². The van der Waals surface area contributed by atoms with E-state index < -0.39 is 5.97 Å². The zero-order valence-corrected chi connectivity index (χ0v) is 42.7. The molecule has 3 aliphatic rings. The van der Waals surface area contributed by atoms with E-state index >= 15 is 0 Å². The van der Waals surface area contributed by atoms with Crippen LogP contribution >= 0.6 is 11.3 Å². The molecule has 0 atom stereocenters. The van der Waals surface area contributed by atoms with Gasteiger partial charge in [-0.05, 0) is 162 Å². The van der Waals surface area contributed by atoms with Gasteiger partial charge in [0.05, 0.1) is 22.5 Å². The number of hydrogen-bond acceptors (Lipinski definition) is 5. The zero-order valence-electron chi connectivity index (χ0n) is 41.9. The number of rotatable bonds is 19. The van der Waals surface area contributed by atoms with Crippen LogP contribution < -0.4 is 9.91 Å². The molecular weight excluding hydrogens is 891 g/mol. The summed E-state index contributed by atoms with van der Waals surface area (Å²) >= 11 is 1.65. The van der Waals surface area contributed by atoms with Crippen molar-refractivity contribution in [2.45, 2.75) is 122 Å². The first-order valence-electron chi connectivity index (χ1n) is 26.1. The van der Waals surface area contributed by atoms with Gasteiger partial charge in [0.25, 0.3) is 5.91 Å². The van der Waals surface area contributed by atoms with Gasteiger partial charge in [0, 0.05) is 37.6 Å². The molecule has 0 unspecified atom stereocenters. The van der Waals surface area contributed by atoms with E-state index in [4.69, 9.17) is 0 Å². The highest BCUT2D eigenvalue weighted by molar-refractivity contribution is 7.16. The Morgan fingerprint density at radius 1 is 0.592 bits per heavy atom. The summed E-state index contributed by atoms with van der Waals surface area (Å²) in [6.45, 7) is 11.1. The third-order valence-electron chi connectivity index (χ3n) is 15.6. The van der Waals surface area contributed by atoms with E-state index in [0.717, 1.165) is 46.7 Å². The molecule has 7 heteroatoms. The summed E-state index contributed by atoms with van der Waals surface area (Å²) < 4.78 is 0. The number of amides is 1. The molecular formula is C64H65N3O3S. The van der Waals surface area contributed by atoms with Crippen molar-refractivity contribution in [2.75, 3.05) is 9.91 Å². The van der Waals surface area contributed by atoms with Crippen molar-refractivity contribution in [1.29, 1.82) is 0 Å². The van der Waals surface area contributed by atoms with Crippen LogP contribution in [0.4, 0.5) is 22.7 Å². The number of benzene rings is 6. The highest BCUT2D eigenvalue weighted by Gasteiger charge is 2.44. The largest absolute Gasteiger partial charge is 0.478 e. The molecule has 2 heterocycles. The molecule has 0 saturated carbocycles. The second-order valence-electron chi connectivity index (χ2n) is 19.9. The average molecular weight is 956 g/mol. The summed E-state index contributed by atoms with van der Waals surface area (Å²) in [5, 5.41) is 15.3. The number of hydrazone groups is 1. The van der Waals surface area contributed by atoms with Gasteiger partial charge in [-0.3, -0.25) is 4.79 Å². The molecule has 0 fully saturated rings. The lowest BCUT2D eigenvalue weighted by Crippen LogP contribution is -2.26. The van der Waals surface area contributed by atoms with Crippen LogP contribution in [0.3, 0.4) is 0 Å². The Kier molecular flexibility index (Phi) is 13.6. The van der Waals surface area contributed by atoms with Gasteiger partial charge in [0.15, 0.2) is 0 Å². The minimum atomic E-state index is -1.01. The van der Waals surface area contributed by atoms with E-state index in [0.29, 0.717) is 17.0 Å². The standard InChI is InChI=1S/C64H65N3O3S/c1-6-10-36-63(37-11-7-2)56-20-16-14-18-51(56)53-33-30-48(40-58(53)63)66(49-31-34-54-52-19-15-17-21-57(52)64(38-12-8-3,39-13-9-4)59(54)41-49)46-26-22-44(23-27-46)60-35-32-50(71-60)42-55-43(5)65-67(61(55)68)47-28-24-45(25-29-47)62(69)70/h14-35,40-42H,6-13,36-39H2,1-5H3,(H,69,70)/b55-42-. The SMILES string of the molecule is CCCCC1(CCCC)c2ccccc2-c2ccc(N(c3ccc(-c4ccc(/C=C5\C(=O)N(c6ccc(C(=O)O)cc6)N=C5C)s4)cc3)c3ccc4c(c3)C(CCCC)(CCCC)c3ccccc3-4)cc21. The lowest BCUT2D eigenvalue weighted by Gasteiger charge is -2.35. The summed E-state index contributed by atoms with van der Waals surface area (Å²) in [5.41, 5.74) is 17.8. The number of hydrogen-bond donors (Lipinski definition) is 1. The van der Waals surface area contributed by atoms with Crippen molar-refractivity contribution in [2.24, 2.45) is 5.10 Å². The number of carbonyl (C=O) groups is 2. The van der Waals surface area contributed by atoms with Gasteiger partial charge in [-0.1, -0.05) is 152 Å². The summed E-state index contributed by atoms with van der Waals surface area (Å²) in [4.78, 5) is 29.7. The van der Waals surface area contributed by atoms with Crippen molar-refractivity contribution in [3.63, 3.8) is 0 Å². The fraction of sp³-hybridized carbons (Fsp3) is 0.297. The highest BCUT2D eigenvalue weighted by atomic mass is 32.1. The van der Waals surface area contributed by atoms with Crippen molar-refractivity contribution in [3.8, 4) is 32.7 Å². The summed E-state index contributed by atoms with van der Waals surface area (Å²) in [7, 11) is 0. The second kappa shape index (κ2) is 20.1. The molecule has 10 rings (SSSR count). The molecule has 1 amide bonds. The lowest BCUT2D eigenvalue weighted by atomic mass is 9.70. The van der Waals surface area contributed by atoms with Crippen LogP contribution in [0.2, 0.25) is 0 Å². The summed E-state index contributed by atoms with van der Waals surface area (Å²) in [6.07, 6.45) is 15.9. The Bertz CT molecular complexity index is 3040. The maximum Gasteiger partial charge on any atom is 0.335 e. The Balaban J connectivity index is 1.06. The number of fused-ring (bicyclic) bond motifs is 6. The zero-order chi connectivity index (χ0) is 49.3. The molecule has 1 N–H and O–H groups in total. The smallest absolute Gasteiger partial charge is 0.335 e. The van der Waals surface area contributed by atoms with Gasteiger partial charge < -0.3 is 10.0 Å². The highest BCUT2D eigenvalue weighted by Crippen LogP contribution is 2.58. The molecule has 0 spiro atoms. The van der Waals surface area contributed by atoms with Crippen molar-refractivity contribution >= 4 is 57.8 Å². The molecule has 1 aliphatic heterocycles. The van der Waals surface area contributed by atoms with Crippen LogP contribution in [0.25, 0.3) is 38.8 Å². The van der Waals surface area contributed by atoms with Crippen LogP contribution in [0.1, 0.15) is 149 Å². The Hall–Kier alpha value is -6.83. The molecule has 0 radical (unpaired) electrons. The topological polar surface area (TPSA) is 73.2 Å². The van der Waals surface area contributed by atoms with Gasteiger partial charge in [0.1, 0.15) is 0 Å². The number of nitrogens with zero attached hydrogens (tertiary/aromatic N) is 3. The molecule has 1 aromatic heterocycles. The van der Waals surface area contributed by atoms with Crippen LogP contribution in [0.5, 0.6) is 0 Å². The van der Waals surface area contributed by atoms with E-state index in [1.54, 1.807) is 23.5 Å². The molecule has 71 heavy (non-hydrogen) atoms. The van der Waals surface area contributed by atoms with Crippen LogP contribution in [0, 0.1) is 0 Å². The number of carbonyl (C=O) groups excluding carboxylic acids is 1. The number of unbranched alkanes of at least 4 members (excludes halogenated alkanes) is 4. The number of thiophene rings is 1. The number of carboxylic acids is 1. The van der Waals surface area contributed by atoms with E-state index in [2.05, 4.69) is 159 Å². The normalized spacial score (nSPS) is 15.4. The minimum Gasteiger partial charge on any atom is -0.478 e.